The fourth-order valence-electron chi connectivity index (χ4n) is 2.55. The number of piperidine rings is 1. The Morgan fingerprint density at radius 2 is 2.09 bits per heavy atom. The van der Waals surface area contributed by atoms with Gasteiger partial charge in [0.1, 0.15) is 5.75 Å². The average Bonchev–Trinajstić information content (AvgIpc) is 2.43. The van der Waals surface area contributed by atoms with Crippen molar-refractivity contribution in [3.8, 4) is 5.75 Å². The van der Waals surface area contributed by atoms with Gasteiger partial charge < -0.3 is 10.1 Å². The second-order valence-corrected chi connectivity index (χ2v) is 7.45. The molecule has 0 aromatic heterocycles. The number of aryl methyl sites for hydroxylation is 1. The van der Waals surface area contributed by atoms with Crippen LogP contribution in [0.1, 0.15) is 25.3 Å². The largest absolute Gasteiger partial charge is 0.495 e. The molecule has 1 aromatic carbocycles. The van der Waals surface area contributed by atoms with E-state index >= 15 is 0 Å². The fraction of sp³-hybridized carbons (Fsp3) is 0.571. The molecule has 8 heteroatoms. The van der Waals surface area contributed by atoms with Gasteiger partial charge in [0.15, 0.2) is 0 Å². The zero-order chi connectivity index (χ0) is 15.6. The minimum atomic E-state index is -3.60. The Balaban J connectivity index is 0.00000242. The fourth-order valence-corrected chi connectivity index (χ4v) is 4.46. The van der Waals surface area contributed by atoms with Crippen LogP contribution in [-0.2, 0) is 10.0 Å². The van der Waals surface area contributed by atoms with Crippen molar-refractivity contribution in [2.45, 2.75) is 43.7 Å². The summed E-state index contributed by atoms with van der Waals surface area (Å²) in [4.78, 5) is 0.200. The highest BCUT2D eigenvalue weighted by Crippen LogP contribution is 2.30. The van der Waals surface area contributed by atoms with Gasteiger partial charge in [-0.25, -0.2) is 13.1 Å². The number of nitrogens with one attached hydrogen (secondary N) is 2. The van der Waals surface area contributed by atoms with E-state index < -0.39 is 10.0 Å². The predicted molar refractivity (Wildman–Crippen MR) is 90.8 cm³/mol. The van der Waals surface area contributed by atoms with Gasteiger partial charge in [0.25, 0.3) is 0 Å². The second kappa shape index (κ2) is 7.84. The minimum Gasteiger partial charge on any atom is -0.495 e. The Bertz CT molecular complexity index is 623. The summed E-state index contributed by atoms with van der Waals surface area (Å²) in [5.41, 5.74) is 0.611. The summed E-state index contributed by atoms with van der Waals surface area (Å²) in [6.45, 7) is 4.64. The highest BCUT2D eigenvalue weighted by Gasteiger charge is 2.28. The summed E-state index contributed by atoms with van der Waals surface area (Å²) >= 11 is 6.05. The van der Waals surface area contributed by atoms with Crippen LogP contribution in [0.15, 0.2) is 17.0 Å². The van der Waals surface area contributed by atoms with Crippen LogP contribution >= 0.6 is 24.0 Å². The molecule has 2 atom stereocenters. The molecular weight excluding hydrogens is 347 g/mol. The quantitative estimate of drug-likeness (QED) is 0.856. The third-order valence-electron chi connectivity index (χ3n) is 3.81. The van der Waals surface area contributed by atoms with Gasteiger partial charge in [-0.2, -0.15) is 0 Å². The Morgan fingerprint density at radius 1 is 1.41 bits per heavy atom. The first-order valence-corrected chi connectivity index (χ1v) is 8.81. The maximum atomic E-state index is 12.6. The molecule has 1 heterocycles. The van der Waals surface area contributed by atoms with Crippen LogP contribution in [0.5, 0.6) is 5.75 Å². The third kappa shape index (κ3) is 4.26. The summed E-state index contributed by atoms with van der Waals surface area (Å²) in [5.74, 6) is 0.473. The Hall–Kier alpha value is -0.530. The molecular formula is C14H22Cl2N2O3S. The molecule has 2 unspecified atom stereocenters. The first kappa shape index (κ1) is 19.5. The van der Waals surface area contributed by atoms with Crippen LogP contribution in [0.3, 0.4) is 0 Å². The van der Waals surface area contributed by atoms with E-state index in [0.717, 1.165) is 19.4 Å². The van der Waals surface area contributed by atoms with Gasteiger partial charge in [-0.1, -0.05) is 11.6 Å². The van der Waals surface area contributed by atoms with Crippen molar-refractivity contribution in [3.63, 3.8) is 0 Å². The van der Waals surface area contributed by atoms with Crippen molar-refractivity contribution in [3.05, 3.63) is 22.7 Å². The molecule has 0 bridgehead atoms. The predicted octanol–water partition coefficient (Wildman–Crippen LogP) is 2.50. The molecule has 0 amide bonds. The highest BCUT2D eigenvalue weighted by molar-refractivity contribution is 7.89. The van der Waals surface area contributed by atoms with Crippen LogP contribution in [-0.4, -0.2) is 34.2 Å². The minimum absolute atomic E-state index is 0. The smallest absolute Gasteiger partial charge is 0.241 e. The SMILES string of the molecule is COc1cc(C)c(S(=O)(=O)NC2CCCNC2C)cc1Cl.Cl. The van der Waals surface area contributed by atoms with Gasteiger partial charge in [-0.05, 0) is 50.9 Å². The number of sulfonamides is 1. The molecule has 5 nitrogen and oxygen atoms in total. The molecule has 22 heavy (non-hydrogen) atoms. The van der Waals surface area contributed by atoms with Crippen LogP contribution in [0.25, 0.3) is 0 Å². The van der Waals surface area contributed by atoms with Crippen LogP contribution in [0, 0.1) is 6.92 Å². The molecule has 126 valence electrons. The van der Waals surface area contributed by atoms with E-state index in [0.29, 0.717) is 16.3 Å². The molecule has 0 radical (unpaired) electrons. The van der Waals surface area contributed by atoms with Gasteiger partial charge in [0.05, 0.1) is 17.0 Å². The van der Waals surface area contributed by atoms with Gasteiger partial charge >= 0.3 is 0 Å². The number of halogens is 2. The van der Waals surface area contributed by atoms with Crippen LogP contribution < -0.4 is 14.8 Å². The van der Waals surface area contributed by atoms with Crippen LogP contribution in [0.4, 0.5) is 0 Å². The maximum Gasteiger partial charge on any atom is 0.241 e. The van der Waals surface area contributed by atoms with E-state index in [4.69, 9.17) is 16.3 Å². The van der Waals surface area contributed by atoms with Gasteiger partial charge in [-0.3, -0.25) is 0 Å². The average molecular weight is 369 g/mol. The summed E-state index contributed by atoms with van der Waals surface area (Å²) < 4.78 is 33.0. The van der Waals surface area contributed by atoms with E-state index in [1.807, 2.05) is 6.92 Å². The third-order valence-corrected chi connectivity index (χ3v) is 5.73. The lowest BCUT2D eigenvalue weighted by Gasteiger charge is -2.30. The molecule has 0 aliphatic carbocycles. The summed E-state index contributed by atoms with van der Waals surface area (Å²) in [5, 5.41) is 3.57. The van der Waals surface area contributed by atoms with Gasteiger partial charge in [-0.15, -0.1) is 12.4 Å². The Labute approximate surface area is 143 Å². The summed E-state index contributed by atoms with van der Waals surface area (Å²) in [6.07, 6.45) is 1.79. The van der Waals surface area contributed by atoms with Crippen molar-refractivity contribution < 1.29 is 13.2 Å². The monoisotopic (exact) mass is 368 g/mol. The number of ether oxygens (including phenoxy) is 1. The van der Waals surface area contributed by atoms with Crippen LogP contribution in [0.2, 0.25) is 5.02 Å². The second-order valence-electron chi connectivity index (χ2n) is 5.37. The standard InChI is InChI=1S/C14H21ClN2O3S.ClH/c1-9-7-13(20-3)11(15)8-14(9)21(18,19)17-12-5-4-6-16-10(12)2;/h7-8,10,12,16-17H,4-6H2,1-3H3;1H. The lowest BCUT2D eigenvalue weighted by molar-refractivity contribution is 0.348. The van der Waals surface area contributed by atoms with E-state index in [2.05, 4.69) is 10.0 Å². The first-order valence-electron chi connectivity index (χ1n) is 6.95. The van der Waals surface area contributed by atoms with Crippen molar-refractivity contribution >= 4 is 34.0 Å². The molecule has 2 rings (SSSR count). The molecule has 1 saturated heterocycles. The number of methoxy groups -OCH3 is 1. The lowest BCUT2D eigenvalue weighted by atomic mass is 10.0. The van der Waals surface area contributed by atoms with E-state index in [-0.39, 0.29) is 29.4 Å². The zero-order valence-corrected chi connectivity index (χ0v) is 15.2. The van der Waals surface area contributed by atoms with Gasteiger partial charge in [0.2, 0.25) is 10.0 Å². The molecule has 1 aliphatic heterocycles. The van der Waals surface area contributed by atoms with Crippen molar-refractivity contribution in [1.29, 1.82) is 0 Å². The number of hydrogen-bond acceptors (Lipinski definition) is 4. The first-order chi connectivity index (χ1) is 9.85. The van der Waals surface area contributed by atoms with E-state index in [9.17, 15) is 8.42 Å². The molecule has 0 spiro atoms. The Kier molecular flexibility index (Phi) is 6.95. The molecule has 2 N–H and O–H groups in total. The molecule has 1 aliphatic rings. The van der Waals surface area contributed by atoms with Crippen molar-refractivity contribution in [1.82, 2.24) is 10.0 Å². The molecule has 1 fully saturated rings. The highest BCUT2D eigenvalue weighted by atomic mass is 35.5. The van der Waals surface area contributed by atoms with E-state index in [1.54, 1.807) is 13.0 Å². The molecule has 0 saturated carbocycles. The molecule has 1 aromatic rings. The summed E-state index contributed by atoms with van der Waals surface area (Å²) in [7, 11) is -2.10. The summed E-state index contributed by atoms with van der Waals surface area (Å²) in [6, 6.07) is 3.09. The lowest BCUT2D eigenvalue weighted by Crippen LogP contribution is -2.51. The normalized spacial score (nSPS) is 22.0. The van der Waals surface area contributed by atoms with Crippen molar-refractivity contribution in [2.75, 3.05) is 13.7 Å². The number of hydrogen-bond donors (Lipinski definition) is 2. The van der Waals surface area contributed by atoms with Gasteiger partial charge in [0, 0.05) is 12.1 Å². The Morgan fingerprint density at radius 3 is 2.68 bits per heavy atom. The topological polar surface area (TPSA) is 67.4 Å². The van der Waals surface area contributed by atoms with E-state index in [1.165, 1.54) is 13.2 Å². The zero-order valence-electron chi connectivity index (χ0n) is 12.8. The number of rotatable bonds is 4. The maximum absolute atomic E-state index is 12.6. The van der Waals surface area contributed by atoms with Crippen molar-refractivity contribution in [2.24, 2.45) is 0 Å². The number of benzene rings is 1.